The second-order valence-electron chi connectivity index (χ2n) is 4.09. The second kappa shape index (κ2) is 4.52. The molecule has 1 heterocycles. The van der Waals surface area contributed by atoms with Gasteiger partial charge in [0.1, 0.15) is 4.34 Å². The van der Waals surface area contributed by atoms with E-state index in [4.69, 9.17) is 17.3 Å². The molecule has 0 aliphatic rings. The molecule has 0 saturated heterocycles. The molecule has 1 rings (SSSR count). The predicted octanol–water partition coefficient (Wildman–Crippen LogP) is 4.60. The van der Waals surface area contributed by atoms with Gasteiger partial charge in [-0.25, -0.2) is 0 Å². The molecule has 1 atom stereocenters. The van der Waals surface area contributed by atoms with Crippen molar-refractivity contribution in [3.05, 3.63) is 19.8 Å². The Morgan fingerprint density at radius 3 is 2.57 bits per heavy atom. The van der Waals surface area contributed by atoms with Gasteiger partial charge in [-0.05, 0) is 33.8 Å². The fourth-order valence-corrected chi connectivity index (χ4v) is 3.07. The molecule has 14 heavy (non-hydrogen) atoms. The van der Waals surface area contributed by atoms with E-state index < -0.39 is 0 Å². The van der Waals surface area contributed by atoms with Gasteiger partial charge in [0.15, 0.2) is 0 Å². The average Bonchev–Trinajstić information content (AvgIpc) is 2.45. The summed E-state index contributed by atoms with van der Waals surface area (Å²) >= 11 is 10.9. The van der Waals surface area contributed by atoms with E-state index in [1.54, 1.807) is 11.3 Å². The minimum Gasteiger partial charge on any atom is -0.323 e. The van der Waals surface area contributed by atoms with E-state index >= 15 is 0 Å². The summed E-state index contributed by atoms with van der Waals surface area (Å²) in [6.45, 7) is 6.52. The van der Waals surface area contributed by atoms with Crippen LogP contribution in [0.1, 0.15) is 38.1 Å². The maximum absolute atomic E-state index is 6.20. The Hall–Kier alpha value is 0.430. The standard InChI is InChI=1S/C10H15BrClNS/c1-4-10(2,3)8(13)7-5-6(11)9(12)14-7/h5,8H,4,13H2,1-3H3. The number of rotatable bonds is 3. The van der Waals surface area contributed by atoms with E-state index in [-0.39, 0.29) is 11.5 Å². The van der Waals surface area contributed by atoms with Crippen LogP contribution in [0.3, 0.4) is 0 Å². The highest BCUT2D eigenvalue weighted by atomic mass is 79.9. The summed E-state index contributed by atoms with van der Waals surface area (Å²) in [7, 11) is 0. The lowest BCUT2D eigenvalue weighted by Crippen LogP contribution is -2.27. The summed E-state index contributed by atoms with van der Waals surface area (Å²) in [5.41, 5.74) is 6.32. The van der Waals surface area contributed by atoms with Gasteiger partial charge in [0, 0.05) is 15.4 Å². The number of hydrogen-bond acceptors (Lipinski definition) is 2. The van der Waals surface area contributed by atoms with E-state index in [1.165, 1.54) is 0 Å². The van der Waals surface area contributed by atoms with Gasteiger partial charge in [0.25, 0.3) is 0 Å². The highest BCUT2D eigenvalue weighted by molar-refractivity contribution is 9.10. The van der Waals surface area contributed by atoms with E-state index in [2.05, 4.69) is 36.7 Å². The maximum atomic E-state index is 6.20. The Kier molecular flexibility index (Phi) is 4.03. The molecule has 0 spiro atoms. The summed E-state index contributed by atoms with van der Waals surface area (Å²) in [5.74, 6) is 0. The fraction of sp³-hybridized carbons (Fsp3) is 0.600. The van der Waals surface area contributed by atoms with Gasteiger partial charge in [0.05, 0.1) is 0 Å². The third-order valence-electron chi connectivity index (χ3n) is 2.72. The van der Waals surface area contributed by atoms with Crippen molar-refractivity contribution in [1.82, 2.24) is 0 Å². The van der Waals surface area contributed by atoms with Gasteiger partial charge in [-0.1, -0.05) is 32.4 Å². The molecule has 1 aromatic rings. The van der Waals surface area contributed by atoms with Crippen LogP contribution in [-0.2, 0) is 0 Å². The molecule has 0 bridgehead atoms. The van der Waals surface area contributed by atoms with Crippen molar-refractivity contribution in [2.45, 2.75) is 33.2 Å². The van der Waals surface area contributed by atoms with Crippen LogP contribution in [0.15, 0.2) is 10.5 Å². The Morgan fingerprint density at radius 1 is 1.64 bits per heavy atom. The van der Waals surface area contributed by atoms with Crippen molar-refractivity contribution in [3.63, 3.8) is 0 Å². The fourth-order valence-electron chi connectivity index (χ4n) is 1.12. The molecule has 0 saturated carbocycles. The number of halogens is 2. The second-order valence-corrected chi connectivity index (χ2v) is 6.63. The van der Waals surface area contributed by atoms with Crippen LogP contribution in [0.4, 0.5) is 0 Å². The van der Waals surface area contributed by atoms with Crippen molar-refractivity contribution in [3.8, 4) is 0 Å². The molecule has 2 N–H and O–H groups in total. The highest BCUT2D eigenvalue weighted by Gasteiger charge is 2.27. The molecular weight excluding hydrogens is 282 g/mol. The highest BCUT2D eigenvalue weighted by Crippen LogP contribution is 2.41. The third-order valence-corrected chi connectivity index (χ3v) is 5.28. The molecule has 0 amide bonds. The van der Waals surface area contributed by atoms with Crippen molar-refractivity contribution in [2.75, 3.05) is 0 Å². The Morgan fingerprint density at radius 2 is 2.21 bits per heavy atom. The van der Waals surface area contributed by atoms with Crippen LogP contribution in [0, 0.1) is 5.41 Å². The zero-order chi connectivity index (χ0) is 10.9. The Bertz CT molecular complexity index is 302. The summed E-state index contributed by atoms with van der Waals surface area (Å²) in [6.07, 6.45) is 1.06. The first kappa shape index (κ1) is 12.5. The maximum Gasteiger partial charge on any atom is 0.107 e. The van der Waals surface area contributed by atoms with Gasteiger partial charge in [-0.2, -0.15) is 0 Å². The van der Waals surface area contributed by atoms with Gasteiger partial charge in [0.2, 0.25) is 0 Å². The lowest BCUT2D eigenvalue weighted by molar-refractivity contribution is 0.281. The third kappa shape index (κ3) is 2.51. The minimum atomic E-state index is 0.0568. The number of hydrogen-bond donors (Lipinski definition) is 1. The van der Waals surface area contributed by atoms with Gasteiger partial charge in [-0.15, -0.1) is 11.3 Å². The van der Waals surface area contributed by atoms with E-state index in [0.717, 1.165) is 20.1 Å². The van der Waals surface area contributed by atoms with Crippen molar-refractivity contribution >= 4 is 38.9 Å². The average molecular weight is 297 g/mol. The molecule has 0 aliphatic carbocycles. The van der Waals surface area contributed by atoms with Crippen LogP contribution >= 0.6 is 38.9 Å². The SMILES string of the molecule is CCC(C)(C)C(N)c1cc(Br)c(Cl)s1. The van der Waals surface area contributed by atoms with Gasteiger partial charge >= 0.3 is 0 Å². The molecule has 0 fully saturated rings. The van der Waals surface area contributed by atoms with E-state index in [9.17, 15) is 0 Å². The molecular formula is C10H15BrClNS. The van der Waals surface area contributed by atoms with E-state index in [1.807, 2.05) is 6.07 Å². The minimum absolute atomic E-state index is 0.0568. The van der Waals surface area contributed by atoms with Crippen molar-refractivity contribution in [1.29, 1.82) is 0 Å². The monoisotopic (exact) mass is 295 g/mol. The zero-order valence-electron chi connectivity index (χ0n) is 8.60. The van der Waals surface area contributed by atoms with Crippen LogP contribution in [0.5, 0.6) is 0 Å². The smallest absolute Gasteiger partial charge is 0.107 e. The summed E-state index contributed by atoms with van der Waals surface area (Å²) in [6, 6.07) is 2.08. The molecule has 1 aromatic heterocycles. The van der Waals surface area contributed by atoms with Crippen LogP contribution in [-0.4, -0.2) is 0 Å². The molecule has 0 aliphatic heterocycles. The molecule has 0 radical (unpaired) electrons. The van der Waals surface area contributed by atoms with Crippen LogP contribution in [0.2, 0.25) is 4.34 Å². The zero-order valence-corrected chi connectivity index (χ0v) is 11.8. The van der Waals surface area contributed by atoms with Crippen molar-refractivity contribution < 1.29 is 0 Å². The first-order chi connectivity index (χ1) is 6.38. The molecule has 4 heteroatoms. The lowest BCUT2D eigenvalue weighted by Gasteiger charge is -2.29. The predicted molar refractivity (Wildman–Crippen MR) is 68.0 cm³/mol. The topological polar surface area (TPSA) is 26.0 Å². The lowest BCUT2D eigenvalue weighted by atomic mass is 9.82. The van der Waals surface area contributed by atoms with Crippen LogP contribution < -0.4 is 5.73 Å². The quantitative estimate of drug-likeness (QED) is 0.866. The first-order valence-corrected chi connectivity index (χ1v) is 6.57. The first-order valence-electron chi connectivity index (χ1n) is 4.58. The van der Waals surface area contributed by atoms with E-state index in [0.29, 0.717) is 0 Å². The molecule has 1 nitrogen and oxygen atoms in total. The Balaban J connectivity index is 2.94. The largest absolute Gasteiger partial charge is 0.323 e. The van der Waals surface area contributed by atoms with Gasteiger partial charge in [-0.3, -0.25) is 0 Å². The number of thiophene rings is 1. The van der Waals surface area contributed by atoms with Crippen molar-refractivity contribution in [2.24, 2.45) is 11.1 Å². The molecule has 80 valence electrons. The van der Waals surface area contributed by atoms with Crippen LogP contribution in [0.25, 0.3) is 0 Å². The van der Waals surface area contributed by atoms with Gasteiger partial charge < -0.3 is 5.73 Å². The molecule has 1 unspecified atom stereocenters. The summed E-state index contributed by atoms with van der Waals surface area (Å²) in [4.78, 5) is 1.15. The summed E-state index contributed by atoms with van der Waals surface area (Å²) < 4.78 is 1.73. The molecule has 0 aromatic carbocycles. The normalized spacial score (nSPS) is 14.4. The summed E-state index contributed by atoms with van der Waals surface area (Å²) in [5, 5.41) is 0. The number of nitrogens with two attached hydrogens (primary N) is 1. The Labute approximate surface area is 103 Å².